The minimum absolute atomic E-state index is 0.0388. The zero-order chi connectivity index (χ0) is 13.1. The summed E-state index contributed by atoms with van der Waals surface area (Å²) in [5.41, 5.74) is 6.97. The molecule has 3 unspecified atom stereocenters. The van der Waals surface area contributed by atoms with Gasteiger partial charge in [0.25, 0.3) is 0 Å². The van der Waals surface area contributed by atoms with Gasteiger partial charge in [-0.05, 0) is 25.8 Å². The van der Waals surface area contributed by atoms with E-state index in [1.165, 1.54) is 6.42 Å². The van der Waals surface area contributed by atoms with Crippen LogP contribution in [0.25, 0.3) is 0 Å². The van der Waals surface area contributed by atoms with Gasteiger partial charge in [0, 0.05) is 25.6 Å². The molecule has 5 heteroatoms. The van der Waals surface area contributed by atoms with E-state index in [0.717, 1.165) is 30.3 Å². The lowest BCUT2D eigenvalue weighted by Crippen LogP contribution is -2.43. The van der Waals surface area contributed by atoms with E-state index in [-0.39, 0.29) is 6.04 Å². The molecule has 1 fully saturated rings. The Balaban J connectivity index is 1.92. The number of thiazole rings is 1. The second kappa shape index (κ2) is 6.10. The molecule has 1 aromatic rings. The smallest absolute Gasteiger partial charge is 0.109 e. The van der Waals surface area contributed by atoms with Gasteiger partial charge >= 0.3 is 0 Å². The molecule has 0 aromatic carbocycles. The Morgan fingerprint density at radius 2 is 2.44 bits per heavy atom. The van der Waals surface area contributed by atoms with Gasteiger partial charge in [-0.25, -0.2) is 4.98 Å². The molecule has 0 radical (unpaired) electrons. The number of nitrogens with zero attached hydrogens (tertiary/aromatic N) is 2. The SMILES string of the molecule is COC1CN(Cc2csc(C(C)N)n2)CCC1C. The summed E-state index contributed by atoms with van der Waals surface area (Å²) in [6, 6.07) is 0.0388. The van der Waals surface area contributed by atoms with Gasteiger partial charge in [-0.15, -0.1) is 11.3 Å². The number of hydrogen-bond acceptors (Lipinski definition) is 5. The fourth-order valence-corrected chi connectivity index (χ4v) is 3.15. The Morgan fingerprint density at radius 1 is 1.67 bits per heavy atom. The van der Waals surface area contributed by atoms with Gasteiger partial charge < -0.3 is 10.5 Å². The van der Waals surface area contributed by atoms with Crippen LogP contribution in [0, 0.1) is 5.92 Å². The molecule has 1 aromatic heterocycles. The van der Waals surface area contributed by atoms with E-state index in [1.54, 1.807) is 11.3 Å². The van der Waals surface area contributed by atoms with E-state index in [2.05, 4.69) is 22.2 Å². The molecular formula is C13H23N3OS. The number of hydrogen-bond donors (Lipinski definition) is 1. The lowest BCUT2D eigenvalue weighted by atomic mass is 9.96. The summed E-state index contributed by atoms with van der Waals surface area (Å²) >= 11 is 1.66. The average Bonchev–Trinajstić information content (AvgIpc) is 2.80. The maximum absolute atomic E-state index is 5.84. The number of nitrogens with two attached hydrogens (primary N) is 1. The van der Waals surface area contributed by atoms with Crippen molar-refractivity contribution in [3.05, 3.63) is 16.1 Å². The first-order valence-electron chi connectivity index (χ1n) is 6.55. The molecule has 102 valence electrons. The molecular weight excluding hydrogens is 246 g/mol. The third-order valence-corrected chi connectivity index (χ3v) is 4.72. The summed E-state index contributed by atoms with van der Waals surface area (Å²) in [5, 5.41) is 3.15. The summed E-state index contributed by atoms with van der Waals surface area (Å²) in [6.45, 7) is 7.29. The van der Waals surface area contributed by atoms with Crippen LogP contribution >= 0.6 is 11.3 Å². The maximum Gasteiger partial charge on any atom is 0.109 e. The molecule has 0 bridgehead atoms. The largest absolute Gasteiger partial charge is 0.380 e. The monoisotopic (exact) mass is 269 g/mol. The number of ether oxygens (including phenoxy) is 1. The van der Waals surface area contributed by atoms with E-state index in [1.807, 2.05) is 14.0 Å². The summed E-state index contributed by atoms with van der Waals surface area (Å²) in [7, 11) is 1.81. The Hall–Kier alpha value is -0.490. The van der Waals surface area contributed by atoms with Crippen molar-refractivity contribution in [1.29, 1.82) is 0 Å². The van der Waals surface area contributed by atoms with Crippen LogP contribution in [0.1, 0.15) is 37.0 Å². The maximum atomic E-state index is 5.84. The van der Waals surface area contributed by atoms with Crippen molar-refractivity contribution in [1.82, 2.24) is 9.88 Å². The van der Waals surface area contributed by atoms with E-state index in [0.29, 0.717) is 12.0 Å². The molecule has 4 nitrogen and oxygen atoms in total. The average molecular weight is 269 g/mol. The molecule has 0 aliphatic carbocycles. The molecule has 2 rings (SSSR count). The van der Waals surface area contributed by atoms with Crippen LogP contribution in [0.4, 0.5) is 0 Å². The first-order chi connectivity index (χ1) is 8.60. The molecule has 2 N–H and O–H groups in total. The van der Waals surface area contributed by atoms with Gasteiger partial charge in [-0.3, -0.25) is 4.90 Å². The molecule has 2 heterocycles. The Labute approximate surface area is 113 Å². The minimum atomic E-state index is 0.0388. The highest BCUT2D eigenvalue weighted by atomic mass is 32.1. The Morgan fingerprint density at radius 3 is 3.06 bits per heavy atom. The zero-order valence-electron chi connectivity index (χ0n) is 11.4. The topological polar surface area (TPSA) is 51.4 Å². The van der Waals surface area contributed by atoms with Gasteiger partial charge in [0.15, 0.2) is 0 Å². The van der Waals surface area contributed by atoms with Gasteiger partial charge in [-0.2, -0.15) is 0 Å². The highest BCUT2D eigenvalue weighted by Gasteiger charge is 2.26. The summed E-state index contributed by atoms with van der Waals surface area (Å²) in [6.07, 6.45) is 1.55. The van der Waals surface area contributed by atoms with E-state index in [9.17, 15) is 0 Å². The molecule has 1 aliphatic heterocycles. The fraction of sp³-hybridized carbons (Fsp3) is 0.769. The van der Waals surface area contributed by atoms with Gasteiger partial charge in [0.05, 0.1) is 17.8 Å². The predicted octanol–water partition coefficient (Wildman–Crippen LogP) is 2.02. The van der Waals surface area contributed by atoms with Crippen LogP contribution in [-0.2, 0) is 11.3 Å². The highest BCUT2D eigenvalue weighted by molar-refractivity contribution is 7.09. The fourth-order valence-electron chi connectivity index (χ4n) is 2.38. The van der Waals surface area contributed by atoms with Crippen molar-refractivity contribution >= 4 is 11.3 Å². The van der Waals surface area contributed by atoms with Crippen molar-refractivity contribution in [2.75, 3.05) is 20.2 Å². The van der Waals surface area contributed by atoms with Gasteiger partial charge in [0.2, 0.25) is 0 Å². The molecule has 1 saturated heterocycles. The number of piperidine rings is 1. The van der Waals surface area contributed by atoms with E-state index in [4.69, 9.17) is 10.5 Å². The Bertz CT molecular complexity index is 380. The third kappa shape index (κ3) is 3.29. The van der Waals surface area contributed by atoms with Crippen LogP contribution in [0.15, 0.2) is 5.38 Å². The molecule has 1 aliphatic rings. The first kappa shape index (κ1) is 13.9. The van der Waals surface area contributed by atoms with Crippen LogP contribution in [0.3, 0.4) is 0 Å². The van der Waals surface area contributed by atoms with Crippen molar-refractivity contribution in [2.24, 2.45) is 11.7 Å². The number of methoxy groups -OCH3 is 1. The lowest BCUT2D eigenvalue weighted by Gasteiger charge is -2.35. The minimum Gasteiger partial charge on any atom is -0.380 e. The molecule has 0 saturated carbocycles. The van der Waals surface area contributed by atoms with Crippen LogP contribution in [0.2, 0.25) is 0 Å². The third-order valence-electron chi connectivity index (χ3n) is 3.62. The standard InChI is InChI=1S/C13H23N3OS/c1-9-4-5-16(7-12(9)17-3)6-11-8-18-13(15-11)10(2)14/h8-10,12H,4-7,14H2,1-3H3. The number of aromatic nitrogens is 1. The predicted molar refractivity (Wildman–Crippen MR) is 74.6 cm³/mol. The molecule has 0 amide bonds. The van der Waals surface area contributed by atoms with Crippen LogP contribution in [0.5, 0.6) is 0 Å². The Kier molecular flexibility index (Phi) is 4.72. The van der Waals surface area contributed by atoms with Gasteiger partial charge in [-0.1, -0.05) is 6.92 Å². The molecule has 0 spiro atoms. The summed E-state index contributed by atoms with van der Waals surface area (Å²) < 4.78 is 5.54. The van der Waals surface area contributed by atoms with Crippen molar-refractivity contribution in [3.63, 3.8) is 0 Å². The lowest BCUT2D eigenvalue weighted by molar-refractivity contribution is -0.00775. The second-order valence-corrected chi connectivity index (χ2v) is 6.13. The van der Waals surface area contributed by atoms with E-state index < -0.39 is 0 Å². The summed E-state index contributed by atoms with van der Waals surface area (Å²) in [4.78, 5) is 7.01. The van der Waals surface area contributed by atoms with Crippen molar-refractivity contribution < 1.29 is 4.74 Å². The first-order valence-corrected chi connectivity index (χ1v) is 7.43. The zero-order valence-corrected chi connectivity index (χ0v) is 12.2. The highest BCUT2D eigenvalue weighted by Crippen LogP contribution is 2.22. The van der Waals surface area contributed by atoms with Crippen LogP contribution < -0.4 is 5.73 Å². The number of rotatable bonds is 4. The van der Waals surface area contributed by atoms with Crippen molar-refractivity contribution in [3.8, 4) is 0 Å². The van der Waals surface area contributed by atoms with E-state index >= 15 is 0 Å². The normalized spacial score (nSPS) is 27.3. The second-order valence-electron chi connectivity index (χ2n) is 5.24. The molecule has 18 heavy (non-hydrogen) atoms. The van der Waals surface area contributed by atoms with Gasteiger partial charge in [0.1, 0.15) is 5.01 Å². The number of likely N-dealkylation sites (tertiary alicyclic amines) is 1. The molecule has 3 atom stereocenters. The summed E-state index contributed by atoms with van der Waals surface area (Å²) in [5.74, 6) is 0.654. The van der Waals surface area contributed by atoms with Crippen LogP contribution in [-0.4, -0.2) is 36.2 Å². The quantitative estimate of drug-likeness (QED) is 0.908. The van der Waals surface area contributed by atoms with Crippen molar-refractivity contribution in [2.45, 2.75) is 39.0 Å².